The van der Waals surface area contributed by atoms with Crippen LogP contribution in [0.25, 0.3) is 0 Å². The maximum atomic E-state index is 11.3. The van der Waals surface area contributed by atoms with E-state index in [4.69, 9.17) is 15.2 Å². The molecule has 0 aliphatic carbocycles. The summed E-state index contributed by atoms with van der Waals surface area (Å²) < 4.78 is 9.89. The molecule has 2 atom stereocenters. The van der Waals surface area contributed by atoms with Crippen LogP contribution in [0.3, 0.4) is 0 Å². The van der Waals surface area contributed by atoms with E-state index in [0.29, 0.717) is 13.0 Å². The summed E-state index contributed by atoms with van der Waals surface area (Å²) in [5.74, 6) is 0.526. The van der Waals surface area contributed by atoms with Crippen molar-refractivity contribution in [3.05, 3.63) is 0 Å². The molecule has 0 bridgehead atoms. The van der Waals surface area contributed by atoms with E-state index in [2.05, 4.69) is 0 Å². The van der Waals surface area contributed by atoms with Crippen LogP contribution in [0.15, 0.2) is 0 Å². The van der Waals surface area contributed by atoms with Gasteiger partial charge in [0.05, 0.1) is 6.61 Å². The Hall–Kier alpha value is -0.260. The van der Waals surface area contributed by atoms with Gasteiger partial charge in [0.1, 0.15) is 12.1 Å². The maximum absolute atomic E-state index is 11.3. The maximum Gasteiger partial charge on any atom is 0.323 e. The number of esters is 1. The van der Waals surface area contributed by atoms with Crippen LogP contribution in [0.5, 0.6) is 0 Å². The fraction of sp³-hybridized carbons (Fsp3) is 0.889. The lowest BCUT2D eigenvalue weighted by Gasteiger charge is -2.15. The summed E-state index contributed by atoms with van der Waals surface area (Å²) in [5.41, 5.74) is 5.62. The van der Waals surface area contributed by atoms with Crippen LogP contribution in [0.2, 0.25) is 0 Å². The predicted molar refractivity (Wildman–Crippen MR) is 58.4 cm³/mol. The molecule has 0 radical (unpaired) electrons. The minimum absolute atomic E-state index is 0.229. The van der Waals surface area contributed by atoms with Crippen molar-refractivity contribution in [1.29, 1.82) is 0 Å². The Morgan fingerprint density at radius 2 is 2.21 bits per heavy atom. The van der Waals surface area contributed by atoms with E-state index in [9.17, 15) is 4.79 Å². The van der Waals surface area contributed by atoms with Gasteiger partial charge in [-0.3, -0.25) is 4.79 Å². The Balaban J connectivity index is 3.71. The highest BCUT2D eigenvalue weighted by Crippen LogP contribution is 2.02. The third kappa shape index (κ3) is 6.23. The van der Waals surface area contributed by atoms with Crippen molar-refractivity contribution in [2.75, 3.05) is 25.7 Å². The summed E-state index contributed by atoms with van der Waals surface area (Å²) in [6, 6.07) is -0.512. The predicted octanol–water partition coefficient (Wildman–Crippen LogP) is 0.645. The van der Waals surface area contributed by atoms with E-state index in [1.807, 2.05) is 6.26 Å². The molecule has 0 aliphatic heterocycles. The number of carbonyl (C=O) groups excluding carboxylic acids is 1. The molecule has 2 N–H and O–H groups in total. The van der Waals surface area contributed by atoms with Gasteiger partial charge in [-0.05, 0) is 25.4 Å². The van der Waals surface area contributed by atoms with Gasteiger partial charge >= 0.3 is 5.97 Å². The molecule has 0 aromatic rings. The molecule has 0 saturated heterocycles. The third-order valence-electron chi connectivity index (χ3n) is 1.65. The van der Waals surface area contributed by atoms with Crippen molar-refractivity contribution < 1.29 is 14.3 Å². The molecule has 4 nitrogen and oxygen atoms in total. The number of carbonyl (C=O) groups is 1. The van der Waals surface area contributed by atoms with Gasteiger partial charge in [-0.1, -0.05) is 0 Å². The number of nitrogens with two attached hydrogens (primary N) is 1. The number of thioether (sulfide) groups is 1. The van der Waals surface area contributed by atoms with Gasteiger partial charge in [0, 0.05) is 7.11 Å². The Bertz CT molecular complexity index is 166. The zero-order valence-electron chi connectivity index (χ0n) is 8.99. The molecular formula is C9H19NO3S. The second kappa shape index (κ2) is 8.08. The monoisotopic (exact) mass is 221 g/mol. The summed E-state index contributed by atoms with van der Waals surface area (Å²) in [4.78, 5) is 11.3. The quantitative estimate of drug-likeness (QED) is 0.639. The van der Waals surface area contributed by atoms with Gasteiger partial charge in [0.2, 0.25) is 0 Å². The van der Waals surface area contributed by atoms with Gasteiger partial charge < -0.3 is 15.2 Å². The molecule has 84 valence electrons. The lowest BCUT2D eigenvalue weighted by Crippen LogP contribution is -2.35. The van der Waals surface area contributed by atoms with Crippen LogP contribution in [-0.4, -0.2) is 43.8 Å². The normalized spacial score (nSPS) is 14.9. The molecule has 5 heteroatoms. The van der Waals surface area contributed by atoms with Crippen molar-refractivity contribution in [3.63, 3.8) is 0 Å². The Morgan fingerprint density at radius 3 is 2.71 bits per heavy atom. The zero-order chi connectivity index (χ0) is 11.0. The average Bonchev–Trinajstić information content (AvgIpc) is 2.14. The van der Waals surface area contributed by atoms with Crippen molar-refractivity contribution in [2.45, 2.75) is 25.5 Å². The van der Waals surface area contributed by atoms with Crippen LogP contribution < -0.4 is 5.73 Å². The van der Waals surface area contributed by atoms with E-state index in [1.54, 1.807) is 25.8 Å². The minimum Gasteiger partial charge on any atom is -0.459 e. The molecule has 0 rings (SSSR count). The highest BCUT2D eigenvalue weighted by Gasteiger charge is 2.17. The zero-order valence-corrected chi connectivity index (χ0v) is 9.80. The number of hydrogen-bond acceptors (Lipinski definition) is 5. The first-order valence-corrected chi connectivity index (χ1v) is 5.95. The third-order valence-corrected chi connectivity index (χ3v) is 2.30. The molecule has 2 unspecified atom stereocenters. The van der Waals surface area contributed by atoms with E-state index in [-0.39, 0.29) is 12.1 Å². The van der Waals surface area contributed by atoms with E-state index in [0.717, 1.165) is 5.75 Å². The first-order valence-electron chi connectivity index (χ1n) is 4.55. The highest BCUT2D eigenvalue weighted by atomic mass is 32.2. The molecule has 0 saturated carbocycles. The number of methoxy groups -OCH3 is 1. The topological polar surface area (TPSA) is 61.5 Å². The summed E-state index contributed by atoms with van der Waals surface area (Å²) >= 11 is 1.66. The molecule has 0 aliphatic rings. The smallest absolute Gasteiger partial charge is 0.323 e. The van der Waals surface area contributed by atoms with Crippen LogP contribution in [-0.2, 0) is 14.3 Å². The van der Waals surface area contributed by atoms with Crippen molar-refractivity contribution >= 4 is 17.7 Å². The average molecular weight is 221 g/mol. The summed E-state index contributed by atoms with van der Waals surface area (Å²) in [6.07, 6.45) is 2.40. The standard InChI is InChI=1S/C9H19NO3S/c1-7(6-12-2)13-9(11)8(10)4-5-14-3/h7-8H,4-6,10H2,1-3H3. The van der Waals surface area contributed by atoms with Crippen molar-refractivity contribution in [1.82, 2.24) is 0 Å². The van der Waals surface area contributed by atoms with Crippen LogP contribution in [0, 0.1) is 0 Å². The lowest BCUT2D eigenvalue weighted by molar-refractivity contribution is -0.152. The van der Waals surface area contributed by atoms with E-state index >= 15 is 0 Å². The van der Waals surface area contributed by atoms with Crippen LogP contribution in [0.1, 0.15) is 13.3 Å². The largest absolute Gasteiger partial charge is 0.459 e. The van der Waals surface area contributed by atoms with Gasteiger partial charge in [-0.15, -0.1) is 0 Å². The van der Waals surface area contributed by atoms with Gasteiger partial charge in [0.15, 0.2) is 0 Å². The molecule has 0 fully saturated rings. The lowest BCUT2D eigenvalue weighted by atomic mass is 10.2. The van der Waals surface area contributed by atoms with E-state index < -0.39 is 6.04 Å². The SMILES string of the molecule is COCC(C)OC(=O)C(N)CCSC. The minimum atomic E-state index is -0.512. The number of ether oxygens (including phenoxy) is 2. The Kier molecular flexibility index (Phi) is 7.93. The van der Waals surface area contributed by atoms with Crippen LogP contribution in [0.4, 0.5) is 0 Å². The molecule has 14 heavy (non-hydrogen) atoms. The fourth-order valence-corrected chi connectivity index (χ4v) is 1.41. The first kappa shape index (κ1) is 13.7. The van der Waals surface area contributed by atoms with Crippen molar-refractivity contribution in [2.24, 2.45) is 5.73 Å². The summed E-state index contributed by atoms with van der Waals surface area (Å²) in [5, 5.41) is 0. The van der Waals surface area contributed by atoms with Crippen molar-refractivity contribution in [3.8, 4) is 0 Å². The molecule has 0 heterocycles. The fourth-order valence-electron chi connectivity index (χ4n) is 0.917. The summed E-state index contributed by atoms with van der Waals surface area (Å²) in [7, 11) is 1.57. The Labute approximate surface area is 89.5 Å². The van der Waals surface area contributed by atoms with Gasteiger partial charge in [0.25, 0.3) is 0 Å². The molecule has 0 spiro atoms. The second-order valence-electron chi connectivity index (χ2n) is 3.09. The molecule has 0 amide bonds. The number of rotatable bonds is 7. The molecule has 0 aromatic carbocycles. The number of hydrogen-bond donors (Lipinski definition) is 1. The van der Waals surface area contributed by atoms with Gasteiger partial charge in [-0.2, -0.15) is 11.8 Å². The Morgan fingerprint density at radius 1 is 1.57 bits per heavy atom. The second-order valence-corrected chi connectivity index (χ2v) is 4.08. The summed E-state index contributed by atoms with van der Waals surface area (Å²) in [6.45, 7) is 2.18. The van der Waals surface area contributed by atoms with E-state index in [1.165, 1.54) is 0 Å². The van der Waals surface area contributed by atoms with Gasteiger partial charge in [-0.25, -0.2) is 0 Å². The highest BCUT2D eigenvalue weighted by molar-refractivity contribution is 7.98. The molecule has 0 aromatic heterocycles. The molecular weight excluding hydrogens is 202 g/mol. The first-order chi connectivity index (χ1) is 6.61. The van der Waals surface area contributed by atoms with Crippen LogP contribution >= 0.6 is 11.8 Å².